The maximum absolute atomic E-state index is 12.9. The van der Waals surface area contributed by atoms with Crippen molar-refractivity contribution in [2.24, 2.45) is 0 Å². The zero-order valence-electron chi connectivity index (χ0n) is 21.0. The van der Waals surface area contributed by atoms with Crippen molar-refractivity contribution >= 4 is 34.6 Å². The lowest BCUT2D eigenvalue weighted by Crippen LogP contribution is -2.24. The van der Waals surface area contributed by atoms with Crippen LogP contribution in [0.2, 0.25) is 0 Å². The number of carbonyl (C=O) groups excluding carboxylic acids is 2. The van der Waals surface area contributed by atoms with Gasteiger partial charge in [0, 0.05) is 30.0 Å². The van der Waals surface area contributed by atoms with E-state index in [9.17, 15) is 14.1 Å². The first kappa shape index (κ1) is 27.3. The molecule has 0 aliphatic rings. The van der Waals surface area contributed by atoms with Gasteiger partial charge in [0.05, 0.1) is 38.3 Å². The van der Waals surface area contributed by atoms with Crippen LogP contribution in [-0.4, -0.2) is 52.7 Å². The fraction of sp³-hybridized carbons (Fsp3) is 0.231. The molecule has 0 saturated carbocycles. The Morgan fingerprint density at radius 2 is 1.82 bits per heavy atom. The highest BCUT2D eigenvalue weighted by atomic mass is 32.2. The van der Waals surface area contributed by atoms with Crippen LogP contribution in [-0.2, 0) is 33.9 Å². The topological polar surface area (TPSA) is 130 Å². The van der Waals surface area contributed by atoms with Crippen molar-refractivity contribution in [3.8, 4) is 16.2 Å². The third-order valence-corrected chi connectivity index (χ3v) is 8.29. The molecule has 12 heteroatoms. The van der Waals surface area contributed by atoms with Gasteiger partial charge >= 0.3 is 5.97 Å². The van der Waals surface area contributed by atoms with Crippen LogP contribution < -0.4 is 14.8 Å². The fourth-order valence-electron chi connectivity index (χ4n) is 3.67. The summed E-state index contributed by atoms with van der Waals surface area (Å²) in [7, 11) is 4.51. The molecule has 4 aromatic rings. The lowest BCUT2D eigenvalue weighted by atomic mass is 10.1. The smallest absolute Gasteiger partial charge is 0.331 e. The number of hydrogen-bond acceptors (Lipinski definition) is 9. The SMILES string of the molecule is CNC(=O)c1ccc(-c2ccc([S+]([O-])NCc3cn([C@@H](Cc4ccc(OC)cc4)C(=O)OC)nn3)s2)cc1. The quantitative estimate of drug-likeness (QED) is 0.214. The predicted molar refractivity (Wildman–Crippen MR) is 144 cm³/mol. The van der Waals surface area contributed by atoms with Crippen molar-refractivity contribution in [3.05, 3.63) is 83.7 Å². The third-order valence-electron chi connectivity index (χ3n) is 5.75. The van der Waals surface area contributed by atoms with Gasteiger partial charge in [0.25, 0.3) is 5.91 Å². The highest BCUT2D eigenvalue weighted by Gasteiger charge is 2.24. The molecule has 0 radical (unpaired) electrons. The number of nitrogens with one attached hydrogen (secondary N) is 2. The average molecular weight is 554 g/mol. The Morgan fingerprint density at radius 1 is 1.08 bits per heavy atom. The van der Waals surface area contributed by atoms with E-state index in [1.807, 2.05) is 42.5 Å². The van der Waals surface area contributed by atoms with E-state index in [2.05, 4.69) is 20.4 Å². The number of aromatic nitrogens is 3. The largest absolute Gasteiger partial charge is 0.592 e. The number of thiophene rings is 1. The second kappa shape index (κ2) is 12.7. The maximum atomic E-state index is 12.9. The Kier molecular flexibility index (Phi) is 9.13. The number of carbonyl (C=O) groups is 2. The second-order valence-corrected chi connectivity index (χ2v) is 10.8. The Hall–Kier alpha value is -3.71. The molecule has 0 aliphatic carbocycles. The van der Waals surface area contributed by atoms with Gasteiger partial charge in [-0.2, -0.15) is 0 Å². The van der Waals surface area contributed by atoms with E-state index in [0.29, 0.717) is 21.9 Å². The lowest BCUT2D eigenvalue weighted by molar-refractivity contribution is -0.144. The standard InChI is InChI=1S/C26H27N5O5S2/c1-27-25(32)19-8-6-18(7-9-19)23-12-13-24(37-23)38(34)28-15-20-16-31(30-29-20)22(26(33)36-3)14-17-4-10-21(35-2)11-5-17/h4-13,16,22,28H,14-15H2,1-3H3,(H,27,32)/t22-,38?/m0/s1. The van der Waals surface area contributed by atoms with Gasteiger partial charge < -0.3 is 19.3 Å². The summed E-state index contributed by atoms with van der Waals surface area (Å²) in [5, 5.41) is 10.8. The molecule has 0 saturated heterocycles. The van der Waals surface area contributed by atoms with E-state index in [-0.39, 0.29) is 12.5 Å². The van der Waals surface area contributed by atoms with Crippen LogP contribution in [0.5, 0.6) is 5.75 Å². The monoisotopic (exact) mass is 553 g/mol. The first-order valence-electron chi connectivity index (χ1n) is 11.6. The van der Waals surface area contributed by atoms with Crippen molar-refractivity contribution in [1.29, 1.82) is 0 Å². The Labute approximate surface area is 227 Å². The molecule has 0 aliphatic heterocycles. The van der Waals surface area contributed by atoms with E-state index in [0.717, 1.165) is 21.8 Å². The summed E-state index contributed by atoms with van der Waals surface area (Å²) < 4.78 is 28.1. The highest BCUT2D eigenvalue weighted by Crippen LogP contribution is 2.31. The van der Waals surface area contributed by atoms with Crippen LogP contribution in [0.15, 0.2) is 71.1 Å². The van der Waals surface area contributed by atoms with Crippen LogP contribution in [0.1, 0.15) is 27.7 Å². The minimum Gasteiger partial charge on any atom is -0.592 e. The molecular weight excluding hydrogens is 526 g/mol. The number of amides is 1. The molecule has 1 amide bonds. The van der Waals surface area contributed by atoms with Crippen molar-refractivity contribution in [2.75, 3.05) is 21.3 Å². The van der Waals surface area contributed by atoms with Crippen LogP contribution in [0.25, 0.3) is 10.4 Å². The Balaban J connectivity index is 1.38. The molecule has 0 fully saturated rings. The van der Waals surface area contributed by atoms with Crippen LogP contribution in [0.3, 0.4) is 0 Å². The van der Waals surface area contributed by atoms with Crippen LogP contribution in [0.4, 0.5) is 0 Å². The molecule has 1 unspecified atom stereocenters. The van der Waals surface area contributed by atoms with Crippen molar-refractivity contribution < 1.29 is 23.6 Å². The van der Waals surface area contributed by atoms with Gasteiger partial charge in [0.2, 0.25) is 4.21 Å². The molecule has 2 heterocycles. The zero-order valence-corrected chi connectivity index (χ0v) is 22.7. The number of rotatable bonds is 11. The number of methoxy groups -OCH3 is 2. The van der Waals surface area contributed by atoms with E-state index >= 15 is 0 Å². The summed E-state index contributed by atoms with van der Waals surface area (Å²) in [5.41, 5.74) is 2.95. The molecule has 198 valence electrons. The molecule has 2 aromatic heterocycles. The first-order valence-corrected chi connectivity index (χ1v) is 13.6. The number of nitrogens with zero attached hydrogens (tertiary/aromatic N) is 3. The van der Waals surface area contributed by atoms with Crippen LogP contribution >= 0.6 is 11.3 Å². The zero-order chi connectivity index (χ0) is 27.1. The van der Waals surface area contributed by atoms with Gasteiger partial charge in [-0.25, -0.2) is 9.48 Å². The minimum atomic E-state index is -1.47. The minimum absolute atomic E-state index is 0.149. The van der Waals surface area contributed by atoms with E-state index in [1.54, 1.807) is 38.6 Å². The predicted octanol–water partition coefficient (Wildman–Crippen LogP) is 3.14. The molecule has 38 heavy (non-hydrogen) atoms. The lowest BCUT2D eigenvalue weighted by Gasteiger charge is -2.14. The summed E-state index contributed by atoms with van der Waals surface area (Å²) in [6.07, 6.45) is 2.00. The molecule has 2 N–H and O–H groups in total. The Morgan fingerprint density at radius 3 is 2.47 bits per heavy atom. The summed E-state index contributed by atoms with van der Waals surface area (Å²) in [6, 6.07) is 17.6. The van der Waals surface area contributed by atoms with E-state index in [1.165, 1.54) is 23.1 Å². The molecule has 4 rings (SSSR count). The van der Waals surface area contributed by atoms with Crippen LogP contribution in [0, 0.1) is 0 Å². The highest BCUT2D eigenvalue weighted by molar-refractivity contribution is 7.91. The van der Waals surface area contributed by atoms with E-state index in [4.69, 9.17) is 9.47 Å². The molecular formula is C26H27N5O5S2. The number of esters is 1. The summed E-state index contributed by atoms with van der Waals surface area (Å²) >= 11 is -0.0772. The maximum Gasteiger partial charge on any atom is 0.331 e. The number of ether oxygens (including phenoxy) is 2. The van der Waals surface area contributed by atoms with Gasteiger partial charge in [-0.05, 0) is 41.5 Å². The van der Waals surface area contributed by atoms with Gasteiger partial charge in [0.15, 0.2) is 6.04 Å². The number of hydrogen-bond donors (Lipinski definition) is 2. The molecule has 0 bridgehead atoms. The summed E-state index contributed by atoms with van der Waals surface area (Å²) in [4.78, 5) is 25.1. The Bertz CT molecular complexity index is 1370. The fourth-order valence-corrected chi connectivity index (χ4v) is 5.77. The summed E-state index contributed by atoms with van der Waals surface area (Å²) in [5.74, 6) is 0.134. The van der Waals surface area contributed by atoms with Gasteiger partial charge in [0.1, 0.15) is 11.4 Å². The second-order valence-electron chi connectivity index (χ2n) is 8.15. The van der Waals surface area contributed by atoms with Crippen molar-refractivity contribution in [2.45, 2.75) is 23.2 Å². The molecule has 10 nitrogen and oxygen atoms in total. The average Bonchev–Trinajstić information content (AvgIpc) is 3.65. The molecule has 0 spiro atoms. The first-order chi connectivity index (χ1) is 18.4. The van der Waals surface area contributed by atoms with Gasteiger partial charge in [-0.15, -0.1) is 9.82 Å². The van der Waals surface area contributed by atoms with Gasteiger partial charge in [-0.1, -0.05) is 40.8 Å². The van der Waals surface area contributed by atoms with Crippen molar-refractivity contribution in [3.63, 3.8) is 0 Å². The molecule has 2 aromatic carbocycles. The van der Waals surface area contributed by atoms with Gasteiger partial charge in [-0.3, -0.25) is 4.79 Å². The normalized spacial score (nSPS) is 12.5. The van der Waals surface area contributed by atoms with Crippen molar-refractivity contribution in [1.82, 2.24) is 25.0 Å². The third kappa shape index (κ3) is 6.58. The van der Waals surface area contributed by atoms with E-state index < -0.39 is 23.4 Å². The molecule has 2 atom stereocenters. The number of benzene rings is 2. The summed E-state index contributed by atoms with van der Waals surface area (Å²) in [6.45, 7) is 0.192.